The zero-order valence-corrected chi connectivity index (χ0v) is 10.4. The van der Waals surface area contributed by atoms with Crippen LogP contribution in [-0.2, 0) is 6.54 Å². The third-order valence-corrected chi connectivity index (χ3v) is 2.82. The van der Waals surface area contributed by atoms with Crippen molar-refractivity contribution in [1.82, 2.24) is 9.78 Å². The molecule has 0 radical (unpaired) electrons. The van der Waals surface area contributed by atoms with Crippen LogP contribution in [0.1, 0.15) is 30.9 Å². The predicted octanol–water partition coefficient (Wildman–Crippen LogP) is 2.96. The molecular weight excluding hydrogens is 230 g/mol. The molecule has 18 heavy (non-hydrogen) atoms. The number of benzene rings is 1. The summed E-state index contributed by atoms with van der Waals surface area (Å²) in [5.74, 6) is 0.504. The minimum absolute atomic E-state index is 0.0220. The van der Waals surface area contributed by atoms with E-state index in [4.69, 9.17) is 0 Å². The Bertz CT molecular complexity index is 544. The van der Waals surface area contributed by atoms with E-state index in [0.717, 1.165) is 5.56 Å². The molecule has 0 N–H and O–H groups in total. The van der Waals surface area contributed by atoms with Crippen LogP contribution in [0.25, 0.3) is 0 Å². The lowest BCUT2D eigenvalue weighted by molar-refractivity contribution is -0.385. The third kappa shape index (κ3) is 2.74. The zero-order chi connectivity index (χ0) is 13.1. The van der Waals surface area contributed by atoms with Crippen molar-refractivity contribution in [3.8, 4) is 0 Å². The molecular formula is C13H15N3O2. The van der Waals surface area contributed by atoms with E-state index in [-0.39, 0.29) is 5.69 Å². The van der Waals surface area contributed by atoms with E-state index in [2.05, 4.69) is 31.1 Å². The molecule has 0 saturated heterocycles. The molecule has 1 aromatic heterocycles. The summed E-state index contributed by atoms with van der Waals surface area (Å²) in [6.07, 6.45) is 2.71. The average Bonchev–Trinajstić information content (AvgIpc) is 2.78. The number of nitrogens with zero attached hydrogens (tertiary/aromatic N) is 3. The molecule has 0 spiro atoms. The van der Waals surface area contributed by atoms with Crippen molar-refractivity contribution in [2.24, 2.45) is 0 Å². The van der Waals surface area contributed by atoms with Gasteiger partial charge in [-0.05, 0) is 17.0 Å². The molecule has 2 rings (SSSR count). The van der Waals surface area contributed by atoms with Crippen molar-refractivity contribution in [3.05, 3.63) is 57.9 Å². The highest BCUT2D eigenvalue weighted by molar-refractivity contribution is 5.26. The van der Waals surface area contributed by atoms with Gasteiger partial charge in [0.1, 0.15) is 12.4 Å². The molecule has 1 aromatic carbocycles. The van der Waals surface area contributed by atoms with Crippen molar-refractivity contribution in [2.45, 2.75) is 26.3 Å². The van der Waals surface area contributed by atoms with Crippen LogP contribution >= 0.6 is 0 Å². The summed E-state index contributed by atoms with van der Waals surface area (Å²) >= 11 is 0. The fourth-order valence-electron chi connectivity index (χ4n) is 1.73. The Kier molecular flexibility index (Phi) is 3.41. The Labute approximate surface area is 105 Å². The quantitative estimate of drug-likeness (QED) is 0.614. The van der Waals surface area contributed by atoms with Gasteiger partial charge in [-0.25, -0.2) is 0 Å². The Morgan fingerprint density at radius 1 is 1.33 bits per heavy atom. The van der Waals surface area contributed by atoms with Crippen molar-refractivity contribution in [1.29, 1.82) is 0 Å². The SMILES string of the molecule is CC(C)c1ccc(Cn2cc([N+](=O)[O-])cn2)cc1. The molecule has 0 aliphatic rings. The Morgan fingerprint density at radius 3 is 2.50 bits per heavy atom. The summed E-state index contributed by atoms with van der Waals surface area (Å²) in [5, 5.41) is 14.5. The number of aromatic nitrogens is 2. The number of hydrogen-bond donors (Lipinski definition) is 0. The van der Waals surface area contributed by atoms with E-state index in [1.807, 2.05) is 12.1 Å². The molecule has 0 atom stereocenters. The first kappa shape index (κ1) is 12.3. The molecule has 94 valence electrons. The lowest BCUT2D eigenvalue weighted by atomic mass is 10.0. The fraction of sp³-hybridized carbons (Fsp3) is 0.308. The highest BCUT2D eigenvalue weighted by atomic mass is 16.6. The van der Waals surface area contributed by atoms with Gasteiger partial charge in [0.05, 0.1) is 11.5 Å². The molecule has 5 nitrogen and oxygen atoms in total. The van der Waals surface area contributed by atoms with Crippen molar-refractivity contribution < 1.29 is 4.92 Å². The summed E-state index contributed by atoms with van der Waals surface area (Å²) in [5.41, 5.74) is 2.39. The van der Waals surface area contributed by atoms with Crippen LogP contribution in [0.15, 0.2) is 36.7 Å². The first-order valence-electron chi connectivity index (χ1n) is 5.82. The second-order valence-corrected chi connectivity index (χ2v) is 4.55. The zero-order valence-electron chi connectivity index (χ0n) is 10.4. The lowest BCUT2D eigenvalue weighted by Crippen LogP contribution is -2.00. The topological polar surface area (TPSA) is 61.0 Å². The largest absolute Gasteiger partial charge is 0.307 e. The Morgan fingerprint density at radius 2 is 2.00 bits per heavy atom. The molecule has 5 heteroatoms. The molecule has 0 aliphatic carbocycles. The summed E-state index contributed by atoms with van der Waals surface area (Å²) in [7, 11) is 0. The van der Waals surface area contributed by atoms with E-state index in [0.29, 0.717) is 12.5 Å². The first-order chi connectivity index (χ1) is 8.56. The average molecular weight is 245 g/mol. The van der Waals surface area contributed by atoms with E-state index < -0.39 is 4.92 Å². The van der Waals surface area contributed by atoms with Crippen LogP contribution in [-0.4, -0.2) is 14.7 Å². The summed E-state index contributed by atoms with van der Waals surface area (Å²) in [4.78, 5) is 10.1. The van der Waals surface area contributed by atoms with Gasteiger partial charge in [0.25, 0.3) is 0 Å². The van der Waals surface area contributed by atoms with Gasteiger partial charge in [-0.3, -0.25) is 14.8 Å². The summed E-state index contributed by atoms with van der Waals surface area (Å²) in [6, 6.07) is 8.22. The molecule has 0 fully saturated rings. The number of nitro groups is 1. The number of hydrogen-bond acceptors (Lipinski definition) is 3. The highest BCUT2D eigenvalue weighted by Gasteiger charge is 2.08. The van der Waals surface area contributed by atoms with Gasteiger partial charge >= 0.3 is 5.69 Å². The maximum absolute atomic E-state index is 10.5. The molecule has 0 bridgehead atoms. The Balaban J connectivity index is 2.10. The van der Waals surface area contributed by atoms with E-state index >= 15 is 0 Å². The lowest BCUT2D eigenvalue weighted by Gasteiger charge is -2.06. The van der Waals surface area contributed by atoms with Crippen LogP contribution in [0.2, 0.25) is 0 Å². The third-order valence-electron chi connectivity index (χ3n) is 2.82. The van der Waals surface area contributed by atoms with Gasteiger partial charge in [-0.1, -0.05) is 38.1 Å². The van der Waals surface area contributed by atoms with Gasteiger partial charge in [0.2, 0.25) is 0 Å². The second kappa shape index (κ2) is 5.00. The van der Waals surface area contributed by atoms with Gasteiger partial charge in [-0.15, -0.1) is 0 Å². The van der Waals surface area contributed by atoms with Crippen molar-refractivity contribution in [3.63, 3.8) is 0 Å². The summed E-state index contributed by atoms with van der Waals surface area (Å²) in [6.45, 7) is 4.84. The molecule has 0 aliphatic heterocycles. The standard InChI is InChI=1S/C13H15N3O2/c1-10(2)12-5-3-11(4-6-12)8-15-9-13(7-14-15)16(17)18/h3-7,9-10H,8H2,1-2H3. The predicted molar refractivity (Wildman–Crippen MR) is 68.5 cm³/mol. The molecule has 0 amide bonds. The minimum atomic E-state index is -0.439. The maximum atomic E-state index is 10.5. The minimum Gasteiger partial charge on any atom is -0.261 e. The van der Waals surface area contributed by atoms with Crippen molar-refractivity contribution >= 4 is 5.69 Å². The smallest absolute Gasteiger partial charge is 0.261 e. The normalized spacial score (nSPS) is 10.8. The maximum Gasteiger partial charge on any atom is 0.307 e. The van der Waals surface area contributed by atoms with E-state index in [9.17, 15) is 10.1 Å². The molecule has 0 unspecified atom stereocenters. The molecule has 1 heterocycles. The second-order valence-electron chi connectivity index (χ2n) is 4.55. The fourth-order valence-corrected chi connectivity index (χ4v) is 1.73. The Hall–Kier alpha value is -2.17. The van der Waals surface area contributed by atoms with Crippen molar-refractivity contribution in [2.75, 3.05) is 0 Å². The van der Waals surface area contributed by atoms with Crippen LogP contribution < -0.4 is 0 Å². The molecule has 2 aromatic rings. The number of rotatable bonds is 4. The molecule has 0 saturated carbocycles. The van der Waals surface area contributed by atoms with E-state index in [1.54, 1.807) is 4.68 Å². The van der Waals surface area contributed by atoms with Crippen LogP contribution in [0.4, 0.5) is 5.69 Å². The van der Waals surface area contributed by atoms with Crippen LogP contribution in [0.3, 0.4) is 0 Å². The van der Waals surface area contributed by atoms with Gasteiger partial charge in [0.15, 0.2) is 0 Å². The first-order valence-corrected chi connectivity index (χ1v) is 5.82. The van der Waals surface area contributed by atoms with Crippen LogP contribution in [0.5, 0.6) is 0 Å². The monoisotopic (exact) mass is 245 g/mol. The van der Waals surface area contributed by atoms with E-state index in [1.165, 1.54) is 18.0 Å². The van der Waals surface area contributed by atoms with Crippen LogP contribution in [0, 0.1) is 10.1 Å². The summed E-state index contributed by atoms with van der Waals surface area (Å²) < 4.78 is 1.57. The van der Waals surface area contributed by atoms with Gasteiger partial charge in [-0.2, -0.15) is 5.10 Å². The van der Waals surface area contributed by atoms with Gasteiger partial charge < -0.3 is 0 Å². The highest BCUT2D eigenvalue weighted by Crippen LogP contribution is 2.16. The van der Waals surface area contributed by atoms with Gasteiger partial charge in [0, 0.05) is 0 Å².